The van der Waals surface area contributed by atoms with Gasteiger partial charge in [-0.25, -0.2) is 13.8 Å². The van der Waals surface area contributed by atoms with E-state index in [0.29, 0.717) is 28.9 Å². The van der Waals surface area contributed by atoms with Crippen molar-refractivity contribution < 1.29 is 18.4 Å². The molecule has 0 radical (unpaired) electrons. The highest BCUT2D eigenvalue weighted by molar-refractivity contribution is 7.14. The van der Waals surface area contributed by atoms with Crippen LogP contribution < -0.4 is 10.6 Å². The maximum absolute atomic E-state index is 13.4. The number of nitrogens with one attached hydrogen (secondary N) is 2. The van der Waals surface area contributed by atoms with Crippen LogP contribution in [-0.2, 0) is 9.59 Å². The van der Waals surface area contributed by atoms with Crippen molar-refractivity contribution in [1.82, 2.24) is 15.2 Å². The summed E-state index contributed by atoms with van der Waals surface area (Å²) in [6, 6.07) is 3.59. The molecule has 2 amide bonds. The van der Waals surface area contributed by atoms with E-state index in [4.69, 9.17) is 0 Å². The number of carbonyl (C=O) groups excluding carboxylic acids is 2. The van der Waals surface area contributed by atoms with Crippen LogP contribution >= 0.6 is 11.3 Å². The second kappa shape index (κ2) is 9.20. The minimum atomic E-state index is -0.932. The number of hydrogen-bond donors (Lipinski definition) is 2. The molecular formula is C19H22F2N4O2S. The fourth-order valence-corrected chi connectivity index (χ4v) is 3.85. The van der Waals surface area contributed by atoms with Gasteiger partial charge in [0.2, 0.25) is 11.8 Å². The van der Waals surface area contributed by atoms with Crippen LogP contribution in [0.15, 0.2) is 23.6 Å². The third-order valence-electron chi connectivity index (χ3n) is 4.68. The summed E-state index contributed by atoms with van der Waals surface area (Å²) in [4.78, 5) is 29.6. The Kier molecular flexibility index (Phi) is 6.69. The molecule has 1 saturated heterocycles. The third kappa shape index (κ3) is 5.56. The number of carbonyl (C=O) groups is 2. The van der Waals surface area contributed by atoms with E-state index in [9.17, 15) is 18.4 Å². The smallest absolute Gasteiger partial charge is 0.240 e. The maximum Gasteiger partial charge on any atom is 0.240 e. The molecule has 28 heavy (non-hydrogen) atoms. The van der Waals surface area contributed by atoms with E-state index in [0.717, 1.165) is 38.1 Å². The van der Waals surface area contributed by atoms with Gasteiger partial charge in [-0.15, -0.1) is 11.3 Å². The van der Waals surface area contributed by atoms with E-state index in [1.807, 2.05) is 0 Å². The topological polar surface area (TPSA) is 74.3 Å². The quantitative estimate of drug-likeness (QED) is 0.771. The number of amides is 2. The Bertz CT molecular complexity index is 850. The molecule has 0 bridgehead atoms. The number of nitrogens with zero attached hydrogens (tertiary/aromatic N) is 2. The highest BCUT2D eigenvalue weighted by Gasteiger charge is 2.21. The Labute approximate surface area is 166 Å². The molecule has 0 saturated carbocycles. The van der Waals surface area contributed by atoms with Crippen molar-refractivity contribution >= 4 is 28.3 Å². The SMILES string of the molecule is CC(=O)NCC1CCN(CC(=O)Nc2nc(-c3ccc(F)c(F)c3)cs2)CC1. The van der Waals surface area contributed by atoms with Crippen molar-refractivity contribution in [2.45, 2.75) is 19.8 Å². The van der Waals surface area contributed by atoms with Crippen molar-refractivity contribution in [1.29, 1.82) is 0 Å². The molecule has 3 rings (SSSR count). The second-order valence-corrected chi connectivity index (χ2v) is 7.73. The Morgan fingerprint density at radius 1 is 1.25 bits per heavy atom. The second-order valence-electron chi connectivity index (χ2n) is 6.87. The molecule has 1 aliphatic rings. The highest BCUT2D eigenvalue weighted by atomic mass is 32.1. The normalized spacial score (nSPS) is 15.4. The summed E-state index contributed by atoms with van der Waals surface area (Å²) in [5.74, 6) is -1.58. The van der Waals surface area contributed by atoms with Gasteiger partial charge in [0.25, 0.3) is 0 Å². The number of piperidine rings is 1. The summed E-state index contributed by atoms with van der Waals surface area (Å²) in [5, 5.41) is 7.71. The molecular weight excluding hydrogens is 386 g/mol. The lowest BCUT2D eigenvalue weighted by Gasteiger charge is -2.31. The van der Waals surface area contributed by atoms with E-state index in [-0.39, 0.29) is 18.4 Å². The van der Waals surface area contributed by atoms with Gasteiger partial charge in [0, 0.05) is 24.4 Å². The van der Waals surface area contributed by atoms with Crippen LogP contribution in [0, 0.1) is 17.6 Å². The molecule has 2 heterocycles. The first-order chi connectivity index (χ1) is 13.4. The molecule has 0 spiro atoms. The zero-order valence-corrected chi connectivity index (χ0v) is 16.3. The minimum absolute atomic E-state index is 0.0204. The highest BCUT2D eigenvalue weighted by Crippen LogP contribution is 2.26. The predicted octanol–water partition coefficient (Wildman–Crippen LogP) is 2.87. The summed E-state index contributed by atoms with van der Waals surface area (Å²) in [7, 11) is 0. The first-order valence-corrected chi connectivity index (χ1v) is 9.96. The summed E-state index contributed by atoms with van der Waals surface area (Å²) < 4.78 is 26.4. The number of aromatic nitrogens is 1. The minimum Gasteiger partial charge on any atom is -0.356 e. The Hall–Kier alpha value is -2.39. The van der Waals surface area contributed by atoms with Gasteiger partial charge in [-0.1, -0.05) is 0 Å². The van der Waals surface area contributed by atoms with Crippen LogP contribution in [0.4, 0.5) is 13.9 Å². The predicted molar refractivity (Wildman–Crippen MR) is 104 cm³/mol. The van der Waals surface area contributed by atoms with Gasteiger partial charge >= 0.3 is 0 Å². The van der Waals surface area contributed by atoms with Crippen molar-refractivity contribution in [3.8, 4) is 11.3 Å². The van der Waals surface area contributed by atoms with E-state index in [1.165, 1.54) is 24.3 Å². The molecule has 1 aliphatic heterocycles. The van der Waals surface area contributed by atoms with E-state index in [2.05, 4.69) is 20.5 Å². The van der Waals surface area contributed by atoms with Crippen LogP contribution in [0.2, 0.25) is 0 Å². The summed E-state index contributed by atoms with van der Waals surface area (Å²) >= 11 is 1.24. The first-order valence-electron chi connectivity index (χ1n) is 9.08. The van der Waals surface area contributed by atoms with Gasteiger partial charge in [0.15, 0.2) is 16.8 Å². The molecule has 0 unspecified atom stereocenters. The van der Waals surface area contributed by atoms with Gasteiger partial charge < -0.3 is 10.6 Å². The fourth-order valence-electron chi connectivity index (χ4n) is 3.12. The summed E-state index contributed by atoms with van der Waals surface area (Å²) in [6.07, 6.45) is 1.87. The summed E-state index contributed by atoms with van der Waals surface area (Å²) in [6.45, 7) is 4.07. The molecule has 9 heteroatoms. The number of hydrogen-bond acceptors (Lipinski definition) is 5. The van der Waals surface area contributed by atoms with Crippen molar-refractivity contribution in [2.24, 2.45) is 5.92 Å². The standard InChI is InChI=1S/C19H22F2N4O2S/c1-12(26)22-9-13-4-6-25(7-5-13)10-18(27)24-19-23-17(11-28-19)14-2-3-15(20)16(21)8-14/h2-3,8,11,13H,4-7,9-10H2,1H3,(H,22,26)(H,23,24,27). The lowest BCUT2D eigenvalue weighted by molar-refractivity contribution is -0.119. The van der Waals surface area contributed by atoms with Crippen molar-refractivity contribution in [2.75, 3.05) is 31.5 Å². The Balaban J connectivity index is 1.47. The average Bonchev–Trinajstić information content (AvgIpc) is 3.11. The van der Waals surface area contributed by atoms with Crippen LogP contribution in [0.3, 0.4) is 0 Å². The molecule has 1 aromatic carbocycles. The number of anilines is 1. The molecule has 6 nitrogen and oxygen atoms in total. The number of rotatable bonds is 6. The van der Waals surface area contributed by atoms with E-state index < -0.39 is 11.6 Å². The van der Waals surface area contributed by atoms with Crippen LogP contribution in [0.25, 0.3) is 11.3 Å². The van der Waals surface area contributed by atoms with Gasteiger partial charge in [-0.05, 0) is 50.0 Å². The monoisotopic (exact) mass is 408 g/mol. The van der Waals surface area contributed by atoms with Crippen molar-refractivity contribution in [3.63, 3.8) is 0 Å². The van der Waals surface area contributed by atoms with E-state index >= 15 is 0 Å². The number of benzene rings is 1. The van der Waals surface area contributed by atoms with E-state index in [1.54, 1.807) is 5.38 Å². The molecule has 2 aromatic rings. The van der Waals surface area contributed by atoms with Crippen molar-refractivity contribution in [3.05, 3.63) is 35.2 Å². The number of halogens is 2. The Morgan fingerprint density at radius 3 is 2.68 bits per heavy atom. The lowest BCUT2D eigenvalue weighted by atomic mass is 9.97. The van der Waals surface area contributed by atoms with Gasteiger partial charge in [-0.2, -0.15) is 0 Å². The largest absolute Gasteiger partial charge is 0.356 e. The average molecular weight is 408 g/mol. The summed E-state index contributed by atoms with van der Waals surface area (Å²) in [5.41, 5.74) is 0.940. The fraction of sp³-hybridized carbons (Fsp3) is 0.421. The lowest BCUT2D eigenvalue weighted by Crippen LogP contribution is -2.41. The molecule has 1 fully saturated rings. The third-order valence-corrected chi connectivity index (χ3v) is 5.44. The first kappa shape index (κ1) is 20.3. The molecule has 1 aromatic heterocycles. The Morgan fingerprint density at radius 2 is 2.00 bits per heavy atom. The van der Waals surface area contributed by atoms with Crippen LogP contribution in [0.1, 0.15) is 19.8 Å². The molecule has 150 valence electrons. The zero-order chi connectivity index (χ0) is 20.1. The van der Waals surface area contributed by atoms with Gasteiger partial charge in [0.1, 0.15) is 0 Å². The molecule has 0 aliphatic carbocycles. The van der Waals surface area contributed by atoms with Gasteiger partial charge in [-0.3, -0.25) is 14.5 Å². The maximum atomic E-state index is 13.4. The zero-order valence-electron chi connectivity index (χ0n) is 15.5. The van der Waals surface area contributed by atoms with Crippen LogP contribution in [-0.4, -0.2) is 47.9 Å². The molecule has 0 atom stereocenters. The van der Waals surface area contributed by atoms with Crippen LogP contribution in [0.5, 0.6) is 0 Å². The number of thiazole rings is 1. The van der Waals surface area contributed by atoms with Gasteiger partial charge in [0.05, 0.1) is 12.2 Å². The number of likely N-dealkylation sites (tertiary alicyclic amines) is 1. The molecule has 2 N–H and O–H groups in total.